The lowest BCUT2D eigenvalue weighted by atomic mass is 10.1. The summed E-state index contributed by atoms with van der Waals surface area (Å²) < 4.78 is 1.10. The zero-order valence-corrected chi connectivity index (χ0v) is 13.5. The van der Waals surface area contributed by atoms with Crippen molar-refractivity contribution in [3.05, 3.63) is 58.1 Å². The van der Waals surface area contributed by atoms with E-state index in [4.69, 9.17) is 0 Å². The van der Waals surface area contributed by atoms with E-state index in [0.717, 1.165) is 35.5 Å². The lowest BCUT2D eigenvalue weighted by Crippen LogP contribution is -2.20. The fourth-order valence-corrected chi connectivity index (χ4v) is 2.35. The van der Waals surface area contributed by atoms with Crippen molar-refractivity contribution in [3.8, 4) is 0 Å². The van der Waals surface area contributed by atoms with Crippen LogP contribution in [0.1, 0.15) is 30.9 Å². The molecule has 0 saturated heterocycles. The second-order valence-electron chi connectivity index (χ2n) is 5.26. The van der Waals surface area contributed by atoms with Crippen LogP contribution in [0.25, 0.3) is 0 Å². The lowest BCUT2D eigenvalue weighted by molar-refractivity contribution is 0.547. The van der Waals surface area contributed by atoms with Crippen molar-refractivity contribution in [1.82, 2.24) is 15.3 Å². The van der Waals surface area contributed by atoms with Crippen LogP contribution in [0.4, 0.5) is 0 Å². The highest BCUT2D eigenvalue weighted by Crippen LogP contribution is 2.18. The minimum Gasteiger partial charge on any atom is -0.311 e. The minimum absolute atomic E-state index is 0.650. The molecule has 0 amide bonds. The molecule has 20 heavy (non-hydrogen) atoms. The second kappa shape index (κ2) is 7.50. The summed E-state index contributed by atoms with van der Waals surface area (Å²) in [4.78, 5) is 8.97. The van der Waals surface area contributed by atoms with E-state index in [2.05, 4.69) is 51.1 Å². The Kier molecular flexibility index (Phi) is 5.68. The van der Waals surface area contributed by atoms with Gasteiger partial charge in [-0.2, -0.15) is 0 Å². The molecule has 0 bridgehead atoms. The van der Waals surface area contributed by atoms with Crippen LogP contribution < -0.4 is 5.32 Å². The van der Waals surface area contributed by atoms with Gasteiger partial charge in [-0.3, -0.25) is 0 Å². The number of aromatic nitrogens is 2. The van der Waals surface area contributed by atoms with Crippen LogP contribution in [0, 0.1) is 5.92 Å². The second-order valence-corrected chi connectivity index (χ2v) is 6.11. The van der Waals surface area contributed by atoms with E-state index < -0.39 is 0 Å². The predicted molar refractivity (Wildman–Crippen MR) is 85.5 cm³/mol. The zero-order valence-electron chi connectivity index (χ0n) is 11.9. The van der Waals surface area contributed by atoms with Gasteiger partial charge in [0.15, 0.2) is 0 Å². The largest absolute Gasteiger partial charge is 0.311 e. The zero-order chi connectivity index (χ0) is 14.4. The summed E-state index contributed by atoms with van der Waals surface area (Å²) in [5, 5.41) is 3.40. The van der Waals surface area contributed by atoms with Crippen LogP contribution in [-0.2, 0) is 13.0 Å². The summed E-state index contributed by atoms with van der Waals surface area (Å²) in [6.45, 7) is 6.20. The first-order valence-corrected chi connectivity index (χ1v) is 7.69. The van der Waals surface area contributed by atoms with Crippen LogP contribution in [0.5, 0.6) is 0 Å². The molecule has 0 aliphatic heterocycles. The van der Waals surface area contributed by atoms with Gasteiger partial charge in [0.25, 0.3) is 0 Å². The molecule has 1 heterocycles. The number of rotatable bonds is 6. The Labute approximate surface area is 129 Å². The standard InChI is InChI=1S/C16H20BrN3/c1-12(2)10-18-11-14-7-8-19-16(20-14)9-13-5-3-4-6-15(13)17/h3-8,12,18H,9-11H2,1-2H3. The van der Waals surface area contributed by atoms with E-state index in [0.29, 0.717) is 5.92 Å². The van der Waals surface area contributed by atoms with Gasteiger partial charge in [0.2, 0.25) is 0 Å². The monoisotopic (exact) mass is 333 g/mol. The SMILES string of the molecule is CC(C)CNCc1ccnc(Cc2ccccc2Br)n1. The molecule has 0 spiro atoms. The van der Waals surface area contributed by atoms with E-state index in [1.807, 2.05) is 30.5 Å². The molecule has 1 N–H and O–H groups in total. The number of nitrogens with one attached hydrogen (secondary N) is 1. The van der Waals surface area contributed by atoms with Crippen LogP contribution in [0.2, 0.25) is 0 Å². The van der Waals surface area contributed by atoms with Gasteiger partial charge in [0, 0.05) is 23.6 Å². The Balaban J connectivity index is 2.01. The van der Waals surface area contributed by atoms with Gasteiger partial charge in [-0.15, -0.1) is 0 Å². The smallest absolute Gasteiger partial charge is 0.132 e. The molecule has 0 aliphatic carbocycles. The van der Waals surface area contributed by atoms with E-state index in [1.54, 1.807) is 0 Å². The Bertz CT molecular complexity index is 555. The van der Waals surface area contributed by atoms with E-state index in [-0.39, 0.29) is 0 Å². The van der Waals surface area contributed by atoms with Crippen molar-refractivity contribution in [2.45, 2.75) is 26.8 Å². The van der Waals surface area contributed by atoms with Crippen LogP contribution in [-0.4, -0.2) is 16.5 Å². The third kappa shape index (κ3) is 4.69. The third-order valence-electron chi connectivity index (χ3n) is 2.93. The van der Waals surface area contributed by atoms with Crippen molar-refractivity contribution in [2.24, 2.45) is 5.92 Å². The van der Waals surface area contributed by atoms with Gasteiger partial charge in [-0.1, -0.05) is 48.0 Å². The molecule has 3 nitrogen and oxygen atoms in total. The fraction of sp³-hybridized carbons (Fsp3) is 0.375. The first-order chi connectivity index (χ1) is 9.65. The molecule has 0 unspecified atom stereocenters. The molecule has 1 aromatic carbocycles. The van der Waals surface area contributed by atoms with E-state index in [9.17, 15) is 0 Å². The summed E-state index contributed by atoms with van der Waals surface area (Å²) in [6, 6.07) is 10.2. The molecule has 1 aromatic heterocycles. The summed E-state index contributed by atoms with van der Waals surface area (Å²) in [5.41, 5.74) is 2.25. The quantitative estimate of drug-likeness (QED) is 0.877. The molecule has 0 radical (unpaired) electrons. The number of benzene rings is 1. The highest BCUT2D eigenvalue weighted by atomic mass is 79.9. The molecular formula is C16H20BrN3. The maximum Gasteiger partial charge on any atom is 0.132 e. The Morgan fingerprint density at radius 3 is 2.75 bits per heavy atom. The van der Waals surface area contributed by atoms with E-state index >= 15 is 0 Å². The molecule has 2 rings (SSSR count). The van der Waals surface area contributed by atoms with Crippen molar-refractivity contribution >= 4 is 15.9 Å². The maximum atomic E-state index is 4.61. The topological polar surface area (TPSA) is 37.8 Å². The average molecular weight is 334 g/mol. The first-order valence-electron chi connectivity index (χ1n) is 6.90. The average Bonchev–Trinajstić information content (AvgIpc) is 2.41. The first kappa shape index (κ1) is 15.1. The van der Waals surface area contributed by atoms with Crippen molar-refractivity contribution in [3.63, 3.8) is 0 Å². The van der Waals surface area contributed by atoms with Gasteiger partial charge in [0.05, 0.1) is 5.69 Å². The van der Waals surface area contributed by atoms with Crippen molar-refractivity contribution in [1.29, 1.82) is 0 Å². The normalized spacial score (nSPS) is 11.0. The van der Waals surface area contributed by atoms with Gasteiger partial charge in [-0.05, 0) is 30.2 Å². The van der Waals surface area contributed by atoms with E-state index in [1.165, 1.54) is 5.56 Å². The number of nitrogens with zero attached hydrogens (tertiary/aromatic N) is 2. The van der Waals surface area contributed by atoms with Crippen LogP contribution in [0.3, 0.4) is 0 Å². The molecule has 0 saturated carbocycles. The summed E-state index contributed by atoms with van der Waals surface area (Å²) in [7, 11) is 0. The Hall–Kier alpha value is -1.26. The summed E-state index contributed by atoms with van der Waals surface area (Å²) >= 11 is 3.56. The van der Waals surface area contributed by atoms with Crippen LogP contribution in [0.15, 0.2) is 41.0 Å². The molecule has 106 valence electrons. The highest BCUT2D eigenvalue weighted by molar-refractivity contribution is 9.10. The molecule has 2 aromatic rings. The molecular weight excluding hydrogens is 314 g/mol. The Morgan fingerprint density at radius 1 is 1.20 bits per heavy atom. The molecule has 0 fully saturated rings. The highest BCUT2D eigenvalue weighted by Gasteiger charge is 2.04. The van der Waals surface area contributed by atoms with Crippen LogP contribution >= 0.6 is 15.9 Å². The predicted octanol–water partition coefficient (Wildman–Crippen LogP) is 3.58. The lowest BCUT2D eigenvalue weighted by Gasteiger charge is -2.08. The third-order valence-corrected chi connectivity index (χ3v) is 3.70. The molecule has 0 aliphatic rings. The van der Waals surface area contributed by atoms with Gasteiger partial charge < -0.3 is 5.32 Å². The number of hydrogen-bond acceptors (Lipinski definition) is 3. The van der Waals surface area contributed by atoms with Crippen molar-refractivity contribution < 1.29 is 0 Å². The number of halogens is 1. The summed E-state index contributed by atoms with van der Waals surface area (Å²) in [6.07, 6.45) is 2.59. The maximum absolute atomic E-state index is 4.61. The van der Waals surface area contributed by atoms with Gasteiger partial charge >= 0.3 is 0 Å². The molecule has 4 heteroatoms. The Morgan fingerprint density at radius 2 is 2.00 bits per heavy atom. The van der Waals surface area contributed by atoms with Crippen molar-refractivity contribution in [2.75, 3.05) is 6.54 Å². The molecule has 0 atom stereocenters. The van der Waals surface area contributed by atoms with Gasteiger partial charge in [-0.25, -0.2) is 9.97 Å². The fourth-order valence-electron chi connectivity index (χ4n) is 1.93. The van der Waals surface area contributed by atoms with Gasteiger partial charge in [0.1, 0.15) is 5.82 Å². The number of hydrogen-bond donors (Lipinski definition) is 1. The summed E-state index contributed by atoms with van der Waals surface area (Å²) in [5.74, 6) is 1.51. The minimum atomic E-state index is 0.650.